The molecule has 170 valence electrons. The van der Waals surface area contributed by atoms with Gasteiger partial charge in [-0.1, -0.05) is 61.4 Å². The van der Waals surface area contributed by atoms with Crippen LogP contribution in [0.25, 0.3) is 0 Å². The molecule has 1 saturated carbocycles. The Morgan fingerprint density at radius 2 is 1.58 bits per heavy atom. The molecule has 33 heavy (non-hydrogen) atoms. The molecule has 1 aromatic carbocycles. The summed E-state index contributed by atoms with van der Waals surface area (Å²) in [6, 6.07) is 20.3. The van der Waals surface area contributed by atoms with Crippen LogP contribution in [0, 0.1) is 5.92 Å². The van der Waals surface area contributed by atoms with E-state index >= 15 is 0 Å². The van der Waals surface area contributed by atoms with E-state index in [2.05, 4.69) is 57.5 Å². The monoisotopic (exact) mass is 440 g/mol. The molecule has 4 rings (SSSR count). The molecule has 1 aliphatic rings. The van der Waals surface area contributed by atoms with E-state index in [-0.39, 0.29) is 5.91 Å². The Bertz CT molecular complexity index is 1030. The summed E-state index contributed by atoms with van der Waals surface area (Å²) < 4.78 is 0. The van der Waals surface area contributed by atoms with Crippen molar-refractivity contribution >= 4 is 5.91 Å². The van der Waals surface area contributed by atoms with Crippen LogP contribution in [0.2, 0.25) is 0 Å². The van der Waals surface area contributed by atoms with Gasteiger partial charge in [0.2, 0.25) is 0 Å². The first-order chi connectivity index (χ1) is 16.2. The summed E-state index contributed by atoms with van der Waals surface area (Å²) in [6.07, 6.45) is 9.24. The van der Waals surface area contributed by atoms with Crippen molar-refractivity contribution in [2.75, 3.05) is 0 Å². The number of amides is 1. The Labute approximate surface area is 196 Å². The van der Waals surface area contributed by atoms with Crippen molar-refractivity contribution < 1.29 is 4.79 Å². The van der Waals surface area contributed by atoms with E-state index < -0.39 is 0 Å². The van der Waals surface area contributed by atoms with E-state index in [1.54, 1.807) is 18.3 Å². The van der Waals surface area contributed by atoms with Crippen LogP contribution >= 0.6 is 0 Å². The number of aromatic nitrogens is 2. The molecule has 0 spiro atoms. The van der Waals surface area contributed by atoms with Gasteiger partial charge >= 0.3 is 0 Å². The first kappa shape index (κ1) is 22.9. The molecule has 0 saturated heterocycles. The van der Waals surface area contributed by atoms with Gasteiger partial charge in [-0.2, -0.15) is 0 Å². The maximum atomic E-state index is 12.2. The number of pyridine rings is 2. The molecule has 5 nitrogen and oxygen atoms in total. The number of hydrogen-bond acceptors (Lipinski definition) is 4. The third-order valence-electron chi connectivity index (χ3n) is 6.37. The van der Waals surface area contributed by atoms with Gasteiger partial charge in [-0.05, 0) is 54.2 Å². The SMILES string of the molecule is C=C(Cc1ccccn1)[C@@H]1CCCC[C@@H]1NCc1ccc(CNC(=O)c2ccccn2)cc1. The molecule has 0 aliphatic heterocycles. The van der Waals surface area contributed by atoms with Crippen molar-refractivity contribution in [2.24, 2.45) is 5.92 Å². The standard InChI is InChI=1S/C28H32N4O/c1-21(18-24-8-4-6-16-29-24)25-9-2-3-10-26(25)31-19-22-12-14-23(15-13-22)20-32-28(33)27-11-5-7-17-30-27/h4-8,11-17,25-26,31H,1-3,9-10,18-20H2,(H,32,33)/t25-,26-/m0/s1. The Morgan fingerprint density at radius 3 is 2.27 bits per heavy atom. The van der Waals surface area contributed by atoms with E-state index in [4.69, 9.17) is 0 Å². The van der Waals surface area contributed by atoms with Crippen LogP contribution in [0.4, 0.5) is 0 Å². The molecule has 2 heterocycles. The molecule has 0 radical (unpaired) electrons. The van der Waals surface area contributed by atoms with E-state index in [9.17, 15) is 4.79 Å². The molecule has 0 bridgehead atoms. The lowest BCUT2D eigenvalue weighted by atomic mass is 9.78. The quantitative estimate of drug-likeness (QED) is 0.467. The van der Waals surface area contributed by atoms with Gasteiger partial charge in [-0.3, -0.25) is 14.8 Å². The van der Waals surface area contributed by atoms with E-state index in [1.165, 1.54) is 36.8 Å². The molecule has 5 heteroatoms. The predicted octanol–water partition coefficient (Wildman–Crippen LogP) is 4.85. The first-order valence-corrected chi connectivity index (χ1v) is 11.8. The van der Waals surface area contributed by atoms with Crippen molar-refractivity contribution in [3.63, 3.8) is 0 Å². The first-order valence-electron chi connectivity index (χ1n) is 11.8. The highest BCUT2D eigenvalue weighted by atomic mass is 16.1. The second kappa shape index (κ2) is 11.5. The number of carbonyl (C=O) groups is 1. The van der Waals surface area contributed by atoms with Crippen LogP contribution in [0.5, 0.6) is 0 Å². The van der Waals surface area contributed by atoms with Crippen LogP contribution in [0.3, 0.4) is 0 Å². The Morgan fingerprint density at radius 1 is 0.879 bits per heavy atom. The number of hydrogen-bond donors (Lipinski definition) is 2. The minimum atomic E-state index is -0.157. The van der Waals surface area contributed by atoms with Gasteiger partial charge in [0.1, 0.15) is 5.69 Å². The molecule has 2 aromatic heterocycles. The number of nitrogens with one attached hydrogen (secondary N) is 2. The smallest absolute Gasteiger partial charge is 0.270 e. The third kappa shape index (κ3) is 6.59. The van der Waals surface area contributed by atoms with Gasteiger partial charge in [0.15, 0.2) is 0 Å². The molecule has 1 aliphatic carbocycles. The summed E-state index contributed by atoms with van der Waals surface area (Å²) in [6.45, 7) is 5.75. The van der Waals surface area contributed by atoms with E-state index in [1.807, 2.05) is 24.4 Å². The molecule has 3 aromatic rings. The lowest BCUT2D eigenvalue weighted by molar-refractivity contribution is 0.0946. The number of benzene rings is 1. The van der Waals surface area contributed by atoms with Crippen molar-refractivity contribution in [1.29, 1.82) is 0 Å². The summed E-state index contributed by atoms with van der Waals surface area (Å²) >= 11 is 0. The lowest BCUT2D eigenvalue weighted by Crippen LogP contribution is -2.39. The van der Waals surface area contributed by atoms with Crippen molar-refractivity contribution in [3.8, 4) is 0 Å². The summed E-state index contributed by atoms with van der Waals surface area (Å²) in [5, 5.41) is 6.71. The highest BCUT2D eigenvalue weighted by molar-refractivity contribution is 5.92. The second-order valence-corrected chi connectivity index (χ2v) is 8.75. The minimum absolute atomic E-state index is 0.157. The maximum absolute atomic E-state index is 12.2. The summed E-state index contributed by atoms with van der Waals surface area (Å²) in [7, 11) is 0. The van der Waals surface area contributed by atoms with Gasteiger partial charge in [0, 0.05) is 43.6 Å². The van der Waals surface area contributed by atoms with Gasteiger partial charge < -0.3 is 10.6 Å². The molecular weight excluding hydrogens is 408 g/mol. The van der Waals surface area contributed by atoms with Crippen LogP contribution in [0.15, 0.2) is 85.2 Å². The normalized spacial score (nSPS) is 17.9. The molecular formula is C28H32N4O. The second-order valence-electron chi connectivity index (χ2n) is 8.75. The number of nitrogens with zero attached hydrogens (tertiary/aromatic N) is 2. The van der Waals surface area contributed by atoms with Crippen LogP contribution < -0.4 is 10.6 Å². The van der Waals surface area contributed by atoms with Crippen molar-refractivity contribution in [2.45, 2.75) is 51.2 Å². The number of carbonyl (C=O) groups excluding carboxylic acids is 1. The van der Waals surface area contributed by atoms with Crippen molar-refractivity contribution in [1.82, 2.24) is 20.6 Å². The zero-order valence-electron chi connectivity index (χ0n) is 19.0. The molecule has 1 amide bonds. The van der Waals surface area contributed by atoms with Crippen LogP contribution in [-0.2, 0) is 19.5 Å². The predicted molar refractivity (Wildman–Crippen MR) is 132 cm³/mol. The summed E-state index contributed by atoms with van der Waals surface area (Å²) in [4.78, 5) is 20.7. The molecule has 2 atom stereocenters. The maximum Gasteiger partial charge on any atom is 0.270 e. The summed E-state index contributed by atoms with van der Waals surface area (Å²) in [5.41, 5.74) is 5.13. The van der Waals surface area contributed by atoms with Gasteiger partial charge in [-0.15, -0.1) is 0 Å². The van der Waals surface area contributed by atoms with E-state index in [0.717, 1.165) is 24.2 Å². The fraction of sp³-hybridized carbons (Fsp3) is 0.321. The van der Waals surface area contributed by atoms with Crippen LogP contribution in [0.1, 0.15) is 53.0 Å². The fourth-order valence-electron chi connectivity index (χ4n) is 4.52. The largest absolute Gasteiger partial charge is 0.347 e. The fourth-order valence-corrected chi connectivity index (χ4v) is 4.52. The molecule has 2 N–H and O–H groups in total. The minimum Gasteiger partial charge on any atom is -0.347 e. The van der Waals surface area contributed by atoms with Gasteiger partial charge in [-0.25, -0.2) is 0 Å². The Balaban J connectivity index is 1.27. The van der Waals surface area contributed by atoms with E-state index in [0.29, 0.717) is 24.2 Å². The van der Waals surface area contributed by atoms with Gasteiger partial charge in [0.25, 0.3) is 5.91 Å². The zero-order chi connectivity index (χ0) is 22.9. The molecule has 1 fully saturated rings. The topological polar surface area (TPSA) is 66.9 Å². The average Bonchev–Trinajstić information content (AvgIpc) is 2.88. The lowest BCUT2D eigenvalue weighted by Gasteiger charge is -2.34. The Kier molecular flexibility index (Phi) is 7.99. The Hall–Kier alpha value is -3.31. The highest BCUT2D eigenvalue weighted by Crippen LogP contribution is 2.31. The molecule has 0 unspecified atom stereocenters. The summed E-state index contributed by atoms with van der Waals surface area (Å²) in [5.74, 6) is 0.331. The average molecular weight is 441 g/mol. The van der Waals surface area contributed by atoms with Gasteiger partial charge in [0.05, 0.1) is 0 Å². The van der Waals surface area contributed by atoms with Crippen molar-refractivity contribution in [3.05, 3.63) is 108 Å². The zero-order valence-corrected chi connectivity index (χ0v) is 19.0. The highest BCUT2D eigenvalue weighted by Gasteiger charge is 2.27. The third-order valence-corrected chi connectivity index (χ3v) is 6.37. The van der Waals surface area contributed by atoms with Crippen LogP contribution in [-0.4, -0.2) is 21.9 Å². The number of rotatable bonds is 9.